The van der Waals surface area contributed by atoms with Gasteiger partial charge in [0.2, 0.25) is 6.79 Å². The number of halogens is 1. The first-order valence-electron chi connectivity index (χ1n) is 10.1. The normalized spacial score (nSPS) is 23.0. The van der Waals surface area contributed by atoms with Crippen LogP contribution < -0.4 is 9.47 Å². The van der Waals surface area contributed by atoms with Crippen LogP contribution in [0.4, 0.5) is 0 Å². The second-order valence-electron chi connectivity index (χ2n) is 7.59. The minimum absolute atomic E-state index is 0.0209. The smallest absolute Gasteiger partial charge is 0.315 e. The molecule has 0 amide bonds. The Morgan fingerprint density at radius 2 is 2.03 bits per heavy atom. The van der Waals surface area contributed by atoms with Crippen LogP contribution in [-0.2, 0) is 14.3 Å². The summed E-state index contributed by atoms with van der Waals surface area (Å²) >= 11 is 6.60. The lowest BCUT2D eigenvalue weighted by molar-refractivity contribution is -0.146. The van der Waals surface area contributed by atoms with Crippen LogP contribution in [0.2, 0.25) is 5.02 Å². The van der Waals surface area contributed by atoms with E-state index < -0.39 is 11.8 Å². The highest BCUT2D eigenvalue weighted by atomic mass is 35.5. The summed E-state index contributed by atoms with van der Waals surface area (Å²) in [5, 5.41) is 0.436. The minimum atomic E-state index is -0.689. The van der Waals surface area contributed by atoms with Gasteiger partial charge in [0.05, 0.1) is 6.61 Å². The Balaban J connectivity index is 1.81. The van der Waals surface area contributed by atoms with E-state index in [0.29, 0.717) is 52.8 Å². The van der Waals surface area contributed by atoms with Gasteiger partial charge in [0.15, 0.2) is 17.3 Å². The highest BCUT2D eigenvalue weighted by Gasteiger charge is 2.44. The first kappa shape index (κ1) is 20.0. The molecule has 6 nitrogen and oxygen atoms in total. The third kappa shape index (κ3) is 3.66. The van der Waals surface area contributed by atoms with E-state index in [1.807, 2.05) is 13.8 Å². The molecular weight excluding hydrogens is 394 g/mol. The predicted molar refractivity (Wildman–Crippen MR) is 109 cm³/mol. The zero-order valence-electron chi connectivity index (χ0n) is 16.6. The zero-order valence-corrected chi connectivity index (χ0v) is 17.4. The predicted octanol–water partition coefficient (Wildman–Crippen LogP) is 4.59. The summed E-state index contributed by atoms with van der Waals surface area (Å²) in [7, 11) is 0. The number of carbonyl (C=O) groups is 2. The van der Waals surface area contributed by atoms with Crippen LogP contribution in [0.15, 0.2) is 28.4 Å². The van der Waals surface area contributed by atoms with Gasteiger partial charge in [-0.3, -0.25) is 14.6 Å². The summed E-state index contributed by atoms with van der Waals surface area (Å²) in [5.41, 5.74) is 2.67. The van der Waals surface area contributed by atoms with Gasteiger partial charge in [-0.05, 0) is 37.8 Å². The minimum Gasteiger partial charge on any atom is -0.465 e. The Bertz CT molecular complexity index is 920. The molecular formula is C22H24ClNO5. The molecule has 2 aliphatic heterocycles. The number of hydrogen-bond acceptors (Lipinski definition) is 6. The number of unbranched alkanes of at least 4 members (excludes halogenated alkanes) is 1. The second-order valence-corrected chi connectivity index (χ2v) is 8.00. The average Bonchev–Trinajstić information content (AvgIpc) is 3.13. The molecule has 0 radical (unpaired) electrons. The number of allylic oxidation sites excluding steroid dienone is 2. The SMILES string of the molecule is CCCCOC(=O)C1C(C)=NC2=C(C(=O)CCC2)[C@@H]1c1cc2c(cc1Cl)OCO2. The fourth-order valence-corrected chi connectivity index (χ4v) is 4.50. The topological polar surface area (TPSA) is 74.2 Å². The lowest BCUT2D eigenvalue weighted by atomic mass is 9.71. The van der Waals surface area contributed by atoms with Gasteiger partial charge >= 0.3 is 5.97 Å². The second kappa shape index (κ2) is 8.19. The van der Waals surface area contributed by atoms with Crippen LogP contribution >= 0.6 is 11.6 Å². The highest BCUT2D eigenvalue weighted by molar-refractivity contribution is 6.32. The van der Waals surface area contributed by atoms with Crippen LogP contribution in [0.3, 0.4) is 0 Å². The number of carbonyl (C=O) groups excluding carboxylic acids is 2. The molecule has 0 bridgehead atoms. The number of rotatable bonds is 5. The van der Waals surface area contributed by atoms with E-state index >= 15 is 0 Å². The first-order valence-corrected chi connectivity index (χ1v) is 10.5. The Hall–Kier alpha value is -2.34. The van der Waals surface area contributed by atoms with Crippen molar-refractivity contribution >= 4 is 29.1 Å². The number of aliphatic imine (C=N–C) groups is 1. The lowest BCUT2D eigenvalue weighted by Crippen LogP contribution is -2.37. The number of Topliss-reactive ketones (excluding diaryl/α,β-unsaturated/α-hetero) is 1. The number of nitrogens with zero attached hydrogens (tertiary/aromatic N) is 1. The van der Waals surface area contributed by atoms with Crippen molar-refractivity contribution in [2.75, 3.05) is 13.4 Å². The van der Waals surface area contributed by atoms with Gasteiger partial charge in [-0.2, -0.15) is 0 Å². The molecule has 29 heavy (non-hydrogen) atoms. The summed E-state index contributed by atoms with van der Waals surface area (Å²) in [4.78, 5) is 30.6. The number of benzene rings is 1. The zero-order chi connectivity index (χ0) is 20.5. The number of hydrogen-bond donors (Lipinski definition) is 0. The molecule has 4 rings (SSSR count). The quantitative estimate of drug-likeness (QED) is 0.517. The molecule has 154 valence electrons. The molecule has 1 aromatic rings. The highest BCUT2D eigenvalue weighted by Crippen LogP contribution is 2.48. The maximum absolute atomic E-state index is 13.1. The Morgan fingerprint density at radius 1 is 1.28 bits per heavy atom. The van der Waals surface area contributed by atoms with Gasteiger partial charge < -0.3 is 14.2 Å². The first-order chi connectivity index (χ1) is 14.0. The molecule has 1 aromatic carbocycles. The molecule has 3 aliphatic rings. The molecule has 0 fully saturated rings. The van der Waals surface area contributed by atoms with E-state index in [1.54, 1.807) is 12.1 Å². The van der Waals surface area contributed by atoms with Crippen molar-refractivity contribution in [3.8, 4) is 11.5 Å². The molecule has 2 heterocycles. The van der Waals surface area contributed by atoms with E-state index in [4.69, 9.17) is 25.8 Å². The summed E-state index contributed by atoms with van der Waals surface area (Å²) in [6, 6.07) is 3.47. The van der Waals surface area contributed by atoms with Crippen molar-refractivity contribution in [2.24, 2.45) is 10.9 Å². The Kier molecular flexibility index (Phi) is 5.63. The van der Waals surface area contributed by atoms with Crippen LogP contribution in [0.1, 0.15) is 57.4 Å². The number of ketones is 1. The van der Waals surface area contributed by atoms with Gasteiger partial charge in [0, 0.05) is 40.4 Å². The molecule has 0 saturated heterocycles. The van der Waals surface area contributed by atoms with E-state index in [9.17, 15) is 9.59 Å². The summed E-state index contributed by atoms with van der Waals surface area (Å²) in [6.45, 7) is 4.33. The molecule has 0 spiro atoms. The van der Waals surface area contributed by atoms with E-state index in [0.717, 1.165) is 25.0 Å². The van der Waals surface area contributed by atoms with Crippen molar-refractivity contribution in [3.05, 3.63) is 34.0 Å². The molecule has 1 unspecified atom stereocenters. The standard InChI is InChI=1S/C22H24ClNO5/c1-3-4-8-27-22(26)19-12(2)24-15-6-5-7-16(25)21(15)20(19)13-9-17-18(10-14(13)23)29-11-28-17/h9-10,19-20H,3-8,11H2,1-2H3/t19?,20-/m1/s1. The van der Waals surface area contributed by atoms with Crippen LogP contribution in [0, 0.1) is 5.92 Å². The molecule has 0 aromatic heterocycles. The molecule has 1 aliphatic carbocycles. The number of fused-ring (bicyclic) bond motifs is 1. The largest absolute Gasteiger partial charge is 0.465 e. The lowest BCUT2D eigenvalue weighted by Gasteiger charge is -2.34. The van der Waals surface area contributed by atoms with Crippen molar-refractivity contribution in [3.63, 3.8) is 0 Å². The fourth-order valence-electron chi connectivity index (χ4n) is 4.23. The van der Waals surface area contributed by atoms with Crippen molar-refractivity contribution in [1.29, 1.82) is 0 Å². The Labute approximate surface area is 174 Å². The van der Waals surface area contributed by atoms with Gasteiger partial charge in [-0.25, -0.2) is 0 Å². The summed E-state index contributed by atoms with van der Waals surface area (Å²) in [5.74, 6) is -0.452. The summed E-state index contributed by atoms with van der Waals surface area (Å²) in [6.07, 6.45) is 3.65. The molecule has 2 atom stereocenters. The molecule has 7 heteroatoms. The van der Waals surface area contributed by atoms with E-state index in [2.05, 4.69) is 4.99 Å². The Morgan fingerprint density at radius 3 is 2.79 bits per heavy atom. The summed E-state index contributed by atoms with van der Waals surface area (Å²) < 4.78 is 16.5. The van der Waals surface area contributed by atoms with Gasteiger partial charge in [-0.1, -0.05) is 24.9 Å². The van der Waals surface area contributed by atoms with Gasteiger partial charge in [-0.15, -0.1) is 0 Å². The van der Waals surface area contributed by atoms with Gasteiger partial charge in [0.25, 0.3) is 0 Å². The van der Waals surface area contributed by atoms with Crippen molar-refractivity contribution in [1.82, 2.24) is 0 Å². The van der Waals surface area contributed by atoms with Crippen LogP contribution in [-0.4, -0.2) is 30.9 Å². The number of ether oxygens (including phenoxy) is 3. The van der Waals surface area contributed by atoms with Crippen LogP contribution in [0.25, 0.3) is 0 Å². The van der Waals surface area contributed by atoms with E-state index in [-0.39, 0.29) is 18.5 Å². The maximum Gasteiger partial charge on any atom is 0.315 e. The number of esters is 1. The molecule has 0 N–H and O–H groups in total. The van der Waals surface area contributed by atoms with Crippen molar-refractivity contribution in [2.45, 2.75) is 51.9 Å². The van der Waals surface area contributed by atoms with Crippen molar-refractivity contribution < 1.29 is 23.8 Å². The van der Waals surface area contributed by atoms with E-state index in [1.165, 1.54) is 0 Å². The third-order valence-corrected chi connectivity index (χ3v) is 5.98. The monoisotopic (exact) mass is 417 g/mol. The average molecular weight is 418 g/mol. The molecule has 0 saturated carbocycles. The van der Waals surface area contributed by atoms with Crippen LogP contribution in [0.5, 0.6) is 11.5 Å². The van der Waals surface area contributed by atoms with Gasteiger partial charge in [0.1, 0.15) is 5.92 Å². The fraction of sp³-hybridized carbons (Fsp3) is 0.500. The maximum atomic E-state index is 13.1. The third-order valence-electron chi connectivity index (χ3n) is 5.66.